The smallest absolute Gasteiger partial charge is 0.241 e. The Bertz CT molecular complexity index is 635. The lowest BCUT2D eigenvalue weighted by Gasteiger charge is -2.30. The first kappa shape index (κ1) is 17.9. The van der Waals surface area contributed by atoms with Gasteiger partial charge in [0.25, 0.3) is 0 Å². The number of nitrogens with zero attached hydrogens (tertiary/aromatic N) is 3. The number of nitriles is 1. The van der Waals surface area contributed by atoms with E-state index in [-0.39, 0.29) is 18.4 Å². The molecule has 1 fully saturated rings. The van der Waals surface area contributed by atoms with Gasteiger partial charge < -0.3 is 15.0 Å². The molecule has 1 aromatic rings. The van der Waals surface area contributed by atoms with Crippen LogP contribution in [0.3, 0.4) is 0 Å². The van der Waals surface area contributed by atoms with E-state index in [1.165, 1.54) is 0 Å². The first-order chi connectivity index (χ1) is 11.5. The maximum atomic E-state index is 12.3. The van der Waals surface area contributed by atoms with Crippen molar-refractivity contribution < 1.29 is 14.3 Å². The van der Waals surface area contributed by atoms with Crippen LogP contribution in [0.5, 0.6) is 0 Å². The molecule has 0 bridgehead atoms. The maximum Gasteiger partial charge on any atom is 0.241 e. The minimum Gasteiger partial charge on any atom is -0.378 e. The average molecular weight is 330 g/mol. The zero-order chi connectivity index (χ0) is 17.5. The van der Waals surface area contributed by atoms with Crippen molar-refractivity contribution in [1.29, 1.82) is 5.26 Å². The van der Waals surface area contributed by atoms with Gasteiger partial charge in [0.2, 0.25) is 11.8 Å². The van der Waals surface area contributed by atoms with Crippen LogP contribution in [0.25, 0.3) is 0 Å². The SMILES string of the molecule is C[C@@H](C(=O)Nc1cccc(C#N)c1)N(C)CC(=O)N1CCOCC1. The number of morpholine rings is 1. The largest absolute Gasteiger partial charge is 0.378 e. The first-order valence-electron chi connectivity index (χ1n) is 7.88. The summed E-state index contributed by atoms with van der Waals surface area (Å²) in [4.78, 5) is 28.0. The van der Waals surface area contributed by atoms with Crippen LogP contribution < -0.4 is 5.32 Å². The number of nitrogens with one attached hydrogen (secondary N) is 1. The quantitative estimate of drug-likeness (QED) is 0.858. The zero-order valence-corrected chi connectivity index (χ0v) is 14.0. The summed E-state index contributed by atoms with van der Waals surface area (Å²) < 4.78 is 5.23. The van der Waals surface area contributed by atoms with E-state index >= 15 is 0 Å². The molecule has 0 spiro atoms. The summed E-state index contributed by atoms with van der Waals surface area (Å²) in [5, 5.41) is 11.7. The summed E-state index contributed by atoms with van der Waals surface area (Å²) in [6, 6.07) is 8.29. The average Bonchev–Trinajstić information content (AvgIpc) is 2.61. The van der Waals surface area contributed by atoms with Gasteiger partial charge in [-0.15, -0.1) is 0 Å². The highest BCUT2D eigenvalue weighted by molar-refractivity contribution is 5.95. The third-order valence-electron chi connectivity index (χ3n) is 4.05. The number of likely N-dealkylation sites (N-methyl/N-ethyl adjacent to an activating group) is 1. The van der Waals surface area contributed by atoms with Crippen LogP contribution in [0.1, 0.15) is 12.5 Å². The Labute approximate surface area is 141 Å². The number of carbonyl (C=O) groups is 2. The molecule has 0 aliphatic carbocycles. The van der Waals surface area contributed by atoms with Crippen LogP contribution in [-0.4, -0.2) is 67.6 Å². The Hall–Kier alpha value is -2.43. The van der Waals surface area contributed by atoms with E-state index in [0.717, 1.165) is 0 Å². The Morgan fingerprint density at radius 2 is 2.12 bits per heavy atom. The van der Waals surface area contributed by atoms with Gasteiger partial charge in [-0.2, -0.15) is 5.26 Å². The number of carbonyl (C=O) groups excluding carboxylic acids is 2. The standard InChI is InChI=1S/C17H22N4O3/c1-13(17(23)19-15-5-3-4-14(10-15)11-18)20(2)12-16(22)21-6-8-24-9-7-21/h3-5,10,13H,6-9,12H2,1-2H3,(H,19,23)/t13-/m0/s1. The molecule has 1 heterocycles. The molecule has 1 N–H and O–H groups in total. The van der Waals surface area contributed by atoms with Crippen LogP contribution in [0, 0.1) is 11.3 Å². The van der Waals surface area contributed by atoms with E-state index in [9.17, 15) is 9.59 Å². The maximum absolute atomic E-state index is 12.3. The highest BCUT2D eigenvalue weighted by atomic mass is 16.5. The number of ether oxygens (including phenoxy) is 1. The van der Waals surface area contributed by atoms with Gasteiger partial charge in [0.1, 0.15) is 0 Å². The van der Waals surface area contributed by atoms with Crippen molar-refractivity contribution in [2.45, 2.75) is 13.0 Å². The van der Waals surface area contributed by atoms with E-state index in [1.54, 1.807) is 48.0 Å². The lowest BCUT2D eigenvalue weighted by atomic mass is 10.2. The normalized spacial score (nSPS) is 15.7. The number of anilines is 1. The Morgan fingerprint density at radius 1 is 1.42 bits per heavy atom. The molecule has 128 valence electrons. The molecule has 1 atom stereocenters. The molecular formula is C17H22N4O3. The minimum absolute atomic E-state index is 0.00747. The molecule has 1 saturated heterocycles. The number of hydrogen-bond donors (Lipinski definition) is 1. The van der Waals surface area contributed by atoms with Gasteiger partial charge in [-0.25, -0.2) is 0 Å². The lowest BCUT2D eigenvalue weighted by Crippen LogP contribution is -2.48. The van der Waals surface area contributed by atoms with E-state index in [1.807, 2.05) is 6.07 Å². The van der Waals surface area contributed by atoms with Gasteiger partial charge in [-0.05, 0) is 32.2 Å². The van der Waals surface area contributed by atoms with Crippen LogP contribution in [0.15, 0.2) is 24.3 Å². The number of hydrogen-bond acceptors (Lipinski definition) is 5. The molecule has 2 amide bonds. The second kappa shape index (κ2) is 8.43. The van der Waals surface area contributed by atoms with Crippen molar-refractivity contribution in [2.75, 3.05) is 45.2 Å². The molecule has 0 saturated carbocycles. The highest BCUT2D eigenvalue weighted by Crippen LogP contribution is 2.11. The van der Waals surface area contributed by atoms with Gasteiger partial charge in [0, 0.05) is 18.8 Å². The summed E-state index contributed by atoms with van der Waals surface area (Å²) in [6.07, 6.45) is 0. The third-order valence-corrected chi connectivity index (χ3v) is 4.05. The second-order valence-corrected chi connectivity index (χ2v) is 5.77. The molecule has 7 heteroatoms. The van der Waals surface area contributed by atoms with Gasteiger partial charge in [-0.1, -0.05) is 6.07 Å². The molecule has 1 aliphatic heterocycles. The second-order valence-electron chi connectivity index (χ2n) is 5.77. The molecular weight excluding hydrogens is 308 g/mol. The van der Waals surface area contributed by atoms with E-state index < -0.39 is 6.04 Å². The van der Waals surface area contributed by atoms with Gasteiger partial charge in [-0.3, -0.25) is 14.5 Å². The summed E-state index contributed by atoms with van der Waals surface area (Å²) in [5.41, 5.74) is 1.05. The topological polar surface area (TPSA) is 85.7 Å². The van der Waals surface area contributed by atoms with Crippen LogP contribution in [-0.2, 0) is 14.3 Å². The van der Waals surface area contributed by atoms with Crippen LogP contribution in [0.4, 0.5) is 5.69 Å². The Kier molecular flexibility index (Phi) is 6.29. The third kappa shape index (κ3) is 4.78. The Morgan fingerprint density at radius 3 is 2.79 bits per heavy atom. The molecule has 1 aromatic carbocycles. The summed E-state index contributed by atoms with van der Waals surface area (Å²) >= 11 is 0. The zero-order valence-electron chi connectivity index (χ0n) is 14.0. The molecule has 0 unspecified atom stereocenters. The predicted molar refractivity (Wildman–Crippen MR) is 89.3 cm³/mol. The predicted octanol–water partition coefficient (Wildman–Crippen LogP) is 0.676. The summed E-state index contributed by atoms with van der Waals surface area (Å²) in [7, 11) is 1.74. The van der Waals surface area contributed by atoms with Crippen molar-refractivity contribution in [3.63, 3.8) is 0 Å². The monoisotopic (exact) mass is 330 g/mol. The molecule has 0 aromatic heterocycles. The van der Waals surface area contributed by atoms with Crippen molar-refractivity contribution in [1.82, 2.24) is 9.80 Å². The summed E-state index contributed by atoms with van der Waals surface area (Å²) in [5.74, 6) is -0.228. The molecule has 2 rings (SSSR count). The molecule has 7 nitrogen and oxygen atoms in total. The van der Waals surface area contributed by atoms with E-state index in [2.05, 4.69) is 5.32 Å². The molecule has 24 heavy (non-hydrogen) atoms. The van der Waals surface area contributed by atoms with Crippen molar-refractivity contribution >= 4 is 17.5 Å². The number of amides is 2. The fraction of sp³-hybridized carbons (Fsp3) is 0.471. The van der Waals surface area contributed by atoms with Crippen LogP contribution >= 0.6 is 0 Å². The number of benzene rings is 1. The molecule has 0 radical (unpaired) electrons. The van der Waals surface area contributed by atoms with Crippen LogP contribution in [0.2, 0.25) is 0 Å². The van der Waals surface area contributed by atoms with Crippen molar-refractivity contribution in [3.8, 4) is 6.07 Å². The fourth-order valence-corrected chi connectivity index (χ4v) is 2.38. The lowest BCUT2D eigenvalue weighted by molar-refractivity contribution is -0.137. The summed E-state index contributed by atoms with van der Waals surface area (Å²) in [6.45, 7) is 4.22. The van der Waals surface area contributed by atoms with E-state index in [4.69, 9.17) is 10.00 Å². The van der Waals surface area contributed by atoms with Crippen molar-refractivity contribution in [2.24, 2.45) is 0 Å². The molecule has 1 aliphatic rings. The minimum atomic E-state index is -0.472. The highest BCUT2D eigenvalue weighted by Gasteiger charge is 2.23. The fourth-order valence-electron chi connectivity index (χ4n) is 2.38. The van der Waals surface area contributed by atoms with E-state index in [0.29, 0.717) is 37.6 Å². The van der Waals surface area contributed by atoms with Gasteiger partial charge in [0.15, 0.2) is 0 Å². The van der Waals surface area contributed by atoms with Gasteiger partial charge in [0.05, 0.1) is 37.4 Å². The first-order valence-corrected chi connectivity index (χ1v) is 7.88. The number of rotatable bonds is 5. The van der Waals surface area contributed by atoms with Crippen molar-refractivity contribution in [3.05, 3.63) is 29.8 Å². The van der Waals surface area contributed by atoms with Gasteiger partial charge >= 0.3 is 0 Å². The Balaban J connectivity index is 1.89.